The minimum atomic E-state index is -0.246. The number of benzene rings is 1. The summed E-state index contributed by atoms with van der Waals surface area (Å²) >= 11 is 5.45. The predicted molar refractivity (Wildman–Crippen MR) is 79.1 cm³/mol. The molecular formula is C14H18N2O2S. The Balaban J connectivity index is 2.05. The lowest BCUT2D eigenvalue weighted by atomic mass is 9.95. The van der Waals surface area contributed by atoms with Crippen molar-refractivity contribution in [3.05, 3.63) is 46.0 Å². The van der Waals surface area contributed by atoms with E-state index in [0.717, 1.165) is 23.6 Å². The van der Waals surface area contributed by atoms with Crippen LogP contribution in [0.1, 0.15) is 30.7 Å². The van der Waals surface area contributed by atoms with Gasteiger partial charge in [0.05, 0.1) is 10.9 Å². The normalized spacial score (nSPS) is 16.3. The maximum Gasteiger partial charge on any atom is 0.211 e. The summed E-state index contributed by atoms with van der Waals surface area (Å²) in [6.07, 6.45) is 2.94. The lowest BCUT2D eigenvalue weighted by molar-refractivity contribution is -0.483. The summed E-state index contributed by atoms with van der Waals surface area (Å²) in [7, 11) is 0. The van der Waals surface area contributed by atoms with E-state index in [4.69, 9.17) is 12.2 Å². The molecule has 0 saturated carbocycles. The Morgan fingerprint density at radius 1 is 1.32 bits per heavy atom. The number of likely N-dealkylation sites (tertiary alicyclic amines) is 1. The molecule has 1 fully saturated rings. The molecule has 0 radical (unpaired) electrons. The van der Waals surface area contributed by atoms with Crippen LogP contribution in [0.25, 0.3) is 0 Å². The number of rotatable bonds is 5. The zero-order valence-electron chi connectivity index (χ0n) is 10.8. The molecule has 1 aromatic rings. The first-order valence-corrected chi connectivity index (χ1v) is 7.02. The molecule has 1 aliphatic rings. The van der Waals surface area contributed by atoms with Crippen molar-refractivity contribution in [1.29, 1.82) is 0 Å². The first kappa shape index (κ1) is 13.9. The SMILES string of the molecule is O=[N+]([O-])CC(CC(=S)N1CCCC1)c1ccccc1. The standard InChI is InChI=1S/C14H18N2O2S/c17-16(18)11-13(12-6-2-1-3-7-12)10-14(19)15-8-4-5-9-15/h1-3,6-7,13H,4-5,8-11H2. The van der Waals surface area contributed by atoms with E-state index in [0.29, 0.717) is 6.42 Å². The van der Waals surface area contributed by atoms with Gasteiger partial charge in [-0.05, 0) is 18.4 Å². The van der Waals surface area contributed by atoms with Crippen LogP contribution in [0.5, 0.6) is 0 Å². The minimum absolute atomic E-state index is 0.0575. The summed E-state index contributed by atoms with van der Waals surface area (Å²) in [5.74, 6) is -0.121. The Morgan fingerprint density at radius 2 is 1.95 bits per heavy atom. The van der Waals surface area contributed by atoms with Crippen LogP contribution >= 0.6 is 12.2 Å². The molecule has 2 rings (SSSR count). The van der Waals surface area contributed by atoms with E-state index in [-0.39, 0.29) is 17.4 Å². The second-order valence-electron chi connectivity index (χ2n) is 4.91. The fraction of sp³-hybridized carbons (Fsp3) is 0.500. The summed E-state index contributed by atoms with van der Waals surface area (Å²) in [6.45, 7) is 1.94. The number of nitrogens with zero attached hydrogens (tertiary/aromatic N) is 2. The van der Waals surface area contributed by atoms with E-state index in [2.05, 4.69) is 4.90 Å². The van der Waals surface area contributed by atoms with Gasteiger partial charge in [-0.2, -0.15) is 0 Å². The highest BCUT2D eigenvalue weighted by atomic mass is 32.1. The number of hydrogen-bond acceptors (Lipinski definition) is 3. The maximum atomic E-state index is 10.8. The average Bonchev–Trinajstić information content (AvgIpc) is 2.92. The predicted octanol–water partition coefficient (Wildman–Crippen LogP) is 2.86. The van der Waals surface area contributed by atoms with Gasteiger partial charge in [0.1, 0.15) is 0 Å². The first-order chi connectivity index (χ1) is 9.16. The van der Waals surface area contributed by atoms with Gasteiger partial charge in [0.2, 0.25) is 6.54 Å². The van der Waals surface area contributed by atoms with Crippen molar-refractivity contribution < 1.29 is 4.92 Å². The number of nitro groups is 1. The van der Waals surface area contributed by atoms with Crippen LogP contribution in [0.4, 0.5) is 0 Å². The second kappa shape index (κ2) is 6.61. The summed E-state index contributed by atoms with van der Waals surface area (Å²) in [5.41, 5.74) is 1.00. The van der Waals surface area contributed by atoms with E-state index in [1.165, 1.54) is 12.8 Å². The Bertz CT molecular complexity index is 444. The molecule has 102 valence electrons. The third-order valence-corrected chi connectivity index (χ3v) is 3.95. The molecule has 5 heteroatoms. The minimum Gasteiger partial charge on any atom is -0.366 e. The molecule has 1 heterocycles. The summed E-state index contributed by atoms with van der Waals surface area (Å²) in [5, 5.41) is 10.8. The van der Waals surface area contributed by atoms with Crippen molar-refractivity contribution in [3.8, 4) is 0 Å². The zero-order valence-corrected chi connectivity index (χ0v) is 11.6. The third-order valence-electron chi connectivity index (χ3n) is 3.52. The van der Waals surface area contributed by atoms with Crippen molar-refractivity contribution in [2.45, 2.75) is 25.2 Å². The van der Waals surface area contributed by atoms with Crippen molar-refractivity contribution in [2.24, 2.45) is 0 Å². The van der Waals surface area contributed by atoms with Gasteiger partial charge in [-0.1, -0.05) is 42.5 Å². The van der Waals surface area contributed by atoms with Crippen molar-refractivity contribution in [1.82, 2.24) is 4.90 Å². The number of thiocarbonyl (C=S) groups is 1. The van der Waals surface area contributed by atoms with Crippen LogP contribution in [-0.2, 0) is 0 Å². The Hall–Kier alpha value is -1.49. The monoisotopic (exact) mass is 278 g/mol. The molecule has 4 nitrogen and oxygen atoms in total. The van der Waals surface area contributed by atoms with Gasteiger partial charge in [0, 0.05) is 24.4 Å². The second-order valence-corrected chi connectivity index (χ2v) is 5.39. The molecule has 0 spiro atoms. The zero-order chi connectivity index (χ0) is 13.7. The number of hydrogen-bond donors (Lipinski definition) is 0. The Kier molecular flexibility index (Phi) is 4.85. The van der Waals surface area contributed by atoms with Crippen LogP contribution in [0.15, 0.2) is 30.3 Å². The molecule has 0 aliphatic carbocycles. The van der Waals surface area contributed by atoms with E-state index in [1.807, 2.05) is 30.3 Å². The van der Waals surface area contributed by atoms with Crippen LogP contribution in [-0.4, -0.2) is 34.4 Å². The van der Waals surface area contributed by atoms with Gasteiger partial charge >= 0.3 is 0 Å². The Morgan fingerprint density at radius 3 is 2.53 bits per heavy atom. The molecule has 1 unspecified atom stereocenters. The Labute approximate surface area is 118 Å². The van der Waals surface area contributed by atoms with Gasteiger partial charge < -0.3 is 4.90 Å². The lowest BCUT2D eigenvalue weighted by Gasteiger charge is -2.21. The largest absolute Gasteiger partial charge is 0.366 e. The van der Waals surface area contributed by atoms with Crippen molar-refractivity contribution in [3.63, 3.8) is 0 Å². The van der Waals surface area contributed by atoms with Gasteiger partial charge in [-0.3, -0.25) is 10.1 Å². The quantitative estimate of drug-likeness (QED) is 0.472. The molecule has 0 aromatic heterocycles. The van der Waals surface area contributed by atoms with Crippen molar-refractivity contribution >= 4 is 17.2 Å². The molecule has 0 amide bonds. The highest BCUT2D eigenvalue weighted by molar-refractivity contribution is 7.80. The van der Waals surface area contributed by atoms with Crippen LogP contribution in [0.3, 0.4) is 0 Å². The first-order valence-electron chi connectivity index (χ1n) is 6.61. The van der Waals surface area contributed by atoms with Gasteiger partial charge in [-0.25, -0.2) is 0 Å². The molecule has 0 N–H and O–H groups in total. The summed E-state index contributed by atoms with van der Waals surface area (Å²) in [4.78, 5) is 13.6. The summed E-state index contributed by atoms with van der Waals surface area (Å²) < 4.78 is 0. The van der Waals surface area contributed by atoms with E-state index in [9.17, 15) is 10.1 Å². The fourth-order valence-electron chi connectivity index (χ4n) is 2.50. The van der Waals surface area contributed by atoms with E-state index < -0.39 is 0 Å². The van der Waals surface area contributed by atoms with Crippen LogP contribution in [0.2, 0.25) is 0 Å². The van der Waals surface area contributed by atoms with Crippen LogP contribution < -0.4 is 0 Å². The lowest BCUT2D eigenvalue weighted by Crippen LogP contribution is -2.29. The molecule has 1 saturated heterocycles. The van der Waals surface area contributed by atoms with E-state index >= 15 is 0 Å². The molecule has 1 atom stereocenters. The smallest absolute Gasteiger partial charge is 0.211 e. The third kappa shape index (κ3) is 3.99. The summed E-state index contributed by atoms with van der Waals surface area (Å²) in [6, 6.07) is 9.65. The molecule has 1 aromatic carbocycles. The highest BCUT2D eigenvalue weighted by Crippen LogP contribution is 2.23. The molecule has 0 bridgehead atoms. The molecular weight excluding hydrogens is 260 g/mol. The maximum absolute atomic E-state index is 10.8. The van der Waals surface area contributed by atoms with Crippen LogP contribution in [0, 0.1) is 10.1 Å². The highest BCUT2D eigenvalue weighted by Gasteiger charge is 2.23. The van der Waals surface area contributed by atoms with Gasteiger partial charge in [-0.15, -0.1) is 0 Å². The van der Waals surface area contributed by atoms with Crippen molar-refractivity contribution in [2.75, 3.05) is 19.6 Å². The topological polar surface area (TPSA) is 46.4 Å². The fourth-order valence-corrected chi connectivity index (χ4v) is 2.88. The average molecular weight is 278 g/mol. The van der Waals surface area contributed by atoms with Gasteiger partial charge in [0.15, 0.2) is 0 Å². The van der Waals surface area contributed by atoms with Gasteiger partial charge in [0.25, 0.3) is 0 Å². The molecule has 1 aliphatic heterocycles. The molecule has 19 heavy (non-hydrogen) atoms. The van der Waals surface area contributed by atoms with E-state index in [1.54, 1.807) is 0 Å².